The third-order valence-corrected chi connectivity index (χ3v) is 5.10. The summed E-state index contributed by atoms with van der Waals surface area (Å²) in [7, 11) is 1.65. The van der Waals surface area contributed by atoms with Crippen molar-refractivity contribution >= 4 is 18.2 Å². The van der Waals surface area contributed by atoms with E-state index in [0.29, 0.717) is 0 Å². The molecule has 0 saturated carbocycles. The number of rotatable bonds is 7. The maximum Gasteiger partial charge on any atom is 0.168 e. The Hall–Kier alpha value is -1.10. The van der Waals surface area contributed by atoms with Crippen LogP contribution in [0.25, 0.3) is 0 Å². The van der Waals surface area contributed by atoms with E-state index in [1.165, 1.54) is 25.7 Å². The summed E-state index contributed by atoms with van der Waals surface area (Å²) in [4.78, 5) is 17.9. The summed E-state index contributed by atoms with van der Waals surface area (Å²) in [5.41, 5.74) is 0.814. The fourth-order valence-electron chi connectivity index (χ4n) is 3.77. The average Bonchev–Trinajstić information content (AvgIpc) is 3.27. The van der Waals surface area contributed by atoms with Crippen LogP contribution in [0, 0.1) is 5.92 Å². The molecule has 0 radical (unpaired) electrons. The van der Waals surface area contributed by atoms with Crippen molar-refractivity contribution in [2.45, 2.75) is 25.7 Å². The van der Waals surface area contributed by atoms with Gasteiger partial charge in [-0.2, -0.15) is 0 Å². The molecule has 0 spiro atoms. The third-order valence-electron chi connectivity index (χ3n) is 5.10. The first-order valence-corrected chi connectivity index (χ1v) is 8.89. The molecule has 1 aromatic carbocycles. The number of hydrogen-bond acceptors (Lipinski definition) is 4. The van der Waals surface area contributed by atoms with E-state index in [2.05, 4.69) is 9.80 Å². The highest BCUT2D eigenvalue weighted by Crippen LogP contribution is 2.20. The highest BCUT2D eigenvalue weighted by molar-refractivity contribution is 5.98. The van der Waals surface area contributed by atoms with E-state index >= 15 is 0 Å². The van der Waals surface area contributed by atoms with Crippen LogP contribution in [0.5, 0.6) is 5.75 Å². The number of carbonyl (C=O) groups is 1. The predicted octanol–water partition coefficient (Wildman–Crippen LogP) is 3.11. The molecule has 2 fully saturated rings. The molecule has 5 heteroatoms. The van der Waals surface area contributed by atoms with Crippen molar-refractivity contribution in [3.63, 3.8) is 0 Å². The maximum absolute atomic E-state index is 13.0. The highest BCUT2D eigenvalue weighted by atomic mass is 35.5. The molecule has 134 valence electrons. The Morgan fingerprint density at radius 3 is 1.83 bits per heavy atom. The van der Waals surface area contributed by atoms with Gasteiger partial charge in [-0.05, 0) is 76.1 Å². The average molecular weight is 353 g/mol. The largest absolute Gasteiger partial charge is 0.497 e. The van der Waals surface area contributed by atoms with Gasteiger partial charge in [0.15, 0.2) is 5.78 Å². The second-order valence-electron chi connectivity index (χ2n) is 6.81. The van der Waals surface area contributed by atoms with E-state index < -0.39 is 0 Å². The molecule has 2 heterocycles. The summed E-state index contributed by atoms with van der Waals surface area (Å²) in [5, 5.41) is 0. The van der Waals surface area contributed by atoms with Gasteiger partial charge >= 0.3 is 0 Å². The van der Waals surface area contributed by atoms with Crippen LogP contribution in [-0.2, 0) is 0 Å². The van der Waals surface area contributed by atoms with Crippen LogP contribution in [0.3, 0.4) is 0 Å². The maximum atomic E-state index is 13.0. The molecule has 0 bridgehead atoms. The van der Waals surface area contributed by atoms with Gasteiger partial charge in [-0.15, -0.1) is 12.4 Å². The van der Waals surface area contributed by atoms with Gasteiger partial charge in [0.2, 0.25) is 0 Å². The standard InChI is InChI=1S/C19H28N2O2.ClH/c1-23-18-8-6-16(7-9-18)19(22)17(14-20-10-2-3-11-20)15-21-12-4-5-13-21;/h6-9,17H,2-5,10-15H2,1H3;1H. The summed E-state index contributed by atoms with van der Waals surface area (Å²) in [6.45, 7) is 6.39. The molecule has 2 aliphatic heterocycles. The first-order chi connectivity index (χ1) is 11.3. The van der Waals surface area contributed by atoms with Crippen LogP contribution in [0.2, 0.25) is 0 Å². The summed E-state index contributed by atoms with van der Waals surface area (Å²) in [6.07, 6.45) is 5.08. The summed E-state index contributed by atoms with van der Waals surface area (Å²) in [5.74, 6) is 1.17. The van der Waals surface area contributed by atoms with Crippen molar-refractivity contribution in [1.29, 1.82) is 0 Å². The molecule has 0 atom stereocenters. The summed E-state index contributed by atoms with van der Waals surface area (Å²) >= 11 is 0. The molecular formula is C19H29ClN2O2. The lowest BCUT2D eigenvalue weighted by Gasteiger charge is -2.26. The highest BCUT2D eigenvalue weighted by Gasteiger charge is 2.27. The second-order valence-corrected chi connectivity index (χ2v) is 6.81. The lowest BCUT2D eigenvalue weighted by atomic mass is 9.96. The monoisotopic (exact) mass is 352 g/mol. The molecule has 4 nitrogen and oxygen atoms in total. The molecule has 0 N–H and O–H groups in total. The molecule has 0 amide bonds. The van der Waals surface area contributed by atoms with Gasteiger partial charge in [0.05, 0.1) is 7.11 Å². The van der Waals surface area contributed by atoms with Crippen LogP contribution in [0.15, 0.2) is 24.3 Å². The minimum atomic E-state index is 0. The van der Waals surface area contributed by atoms with Crippen LogP contribution in [-0.4, -0.2) is 62.0 Å². The summed E-state index contributed by atoms with van der Waals surface area (Å²) in [6, 6.07) is 7.58. The molecule has 0 aromatic heterocycles. The summed E-state index contributed by atoms with van der Waals surface area (Å²) < 4.78 is 5.20. The minimum absolute atomic E-state index is 0. The number of Topliss-reactive ketones (excluding diaryl/α,β-unsaturated/α-hetero) is 1. The Balaban J connectivity index is 0.00000208. The fourth-order valence-corrected chi connectivity index (χ4v) is 3.77. The zero-order valence-corrected chi connectivity index (χ0v) is 15.4. The topological polar surface area (TPSA) is 32.8 Å². The zero-order chi connectivity index (χ0) is 16.1. The van der Waals surface area contributed by atoms with Gasteiger partial charge in [0, 0.05) is 24.6 Å². The number of ether oxygens (including phenoxy) is 1. The van der Waals surface area contributed by atoms with Crippen LogP contribution >= 0.6 is 12.4 Å². The molecular weight excluding hydrogens is 324 g/mol. The first-order valence-electron chi connectivity index (χ1n) is 8.89. The van der Waals surface area contributed by atoms with Crippen molar-refractivity contribution in [1.82, 2.24) is 9.80 Å². The zero-order valence-electron chi connectivity index (χ0n) is 14.6. The molecule has 24 heavy (non-hydrogen) atoms. The Morgan fingerprint density at radius 2 is 1.42 bits per heavy atom. The number of benzene rings is 1. The van der Waals surface area contributed by atoms with Crippen molar-refractivity contribution in [3.8, 4) is 5.75 Å². The Kier molecular flexibility index (Phi) is 7.53. The number of methoxy groups -OCH3 is 1. The van der Waals surface area contributed by atoms with Gasteiger partial charge < -0.3 is 14.5 Å². The lowest BCUT2D eigenvalue weighted by molar-refractivity contribution is 0.0851. The number of likely N-dealkylation sites (tertiary alicyclic amines) is 2. The minimum Gasteiger partial charge on any atom is -0.497 e. The van der Waals surface area contributed by atoms with E-state index in [4.69, 9.17) is 4.74 Å². The van der Waals surface area contributed by atoms with Crippen LogP contribution in [0.1, 0.15) is 36.0 Å². The second kappa shape index (κ2) is 9.40. The van der Waals surface area contributed by atoms with E-state index in [1.54, 1.807) is 7.11 Å². The fraction of sp³-hybridized carbons (Fsp3) is 0.632. The van der Waals surface area contributed by atoms with Crippen molar-refractivity contribution in [2.24, 2.45) is 5.92 Å². The molecule has 0 aliphatic carbocycles. The van der Waals surface area contributed by atoms with Crippen molar-refractivity contribution < 1.29 is 9.53 Å². The number of halogens is 1. The predicted molar refractivity (Wildman–Crippen MR) is 99.4 cm³/mol. The van der Waals surface area contributed by atoms with E-state index in [9.17, 15) is 4.79 Å². The van der Waals surface area contributed by atoms with Gasteiger partial charge in [0.1, 0.15) is 5.75 Å². The van der Waals surface area contributed by atoms with E-state index in [0.717, 1.165) is 50.6 Å². The number of carbonyl (C=O) groups excluding carboxylic acids is 1. The number of hydrogen-bond donors (Lipinski definition) is 0. The quantitative estimate of drug-likeness (QED) is 0.706. The van der Waals surface area contributed by atoms with E-state index in [-0.39, 0.29) is 24.1 Å². The lowest BCUT2D eigenvalue weighted by Crippen LogP contribution is -2.39. The normalized spacial score (nSPS) is 18.8. The van der Waals surface area contributed by atoms with Crippen LogP contribution in [0.4, 0.5) is 0 Å². The Labute approximate surface area is 151 Å². The van der Waals surface area contributed by atoms with Gasteiger partial charge in [-0.3, -0.25) is 4.79 Å². The van der Waals surface area contributed by atoms with Crippen molar-refractivity contribution in [3.05, 3.63) is 29.8 Å². The molecule has 1 aromatic rings. The van der Waals surface area contributed by atoms with Crippen LogP contribution < -0.4 is 4.74 Å². The molecule has 2 aliphatic rings. The van der Waals surface area contributed by atoms with Gasteiger partial charge in [-0.1, -0.05) is 0 Å². The number of nitrogens with zero attached hydrogens (tertiary/aromatic N) is 2. The van der Waals surface area contributed by atoms with Gasteiger partial charge in [-0.25, -0.2) is 0 Å². The third kappa shape index (κ3) is 4.95. The Bertz CT molecular complexity index is 491. The molecule has 0 unspecified atom stereocenters. The smallest absolute Gasteiger partial charge is 0.168 e. The SMILES string of the molecule is COc1ccc(C(=O)C(CN2CCCC2)CN2CCCC2)cc1.Cl. The van der Waals surface area contributed by atoms with E-state index in [1.807, 2.05) is 24.3 Å². The Morgan fingerprint density at radius 1 is 0.958 bits per heavy atom. The first kappa shape index (κ1) is 19.2. The van der Waals surface area contributed by atoms with Gasteiger partial charge in [0.25, 0.3) is 0 Å². The molecule has 2 saturated heterocycles. The molecule has 3 rings (SSSR count). The number of ketones is 1. The van der Waals surface area contributed by atoms with Crippen molar-refractivity contribution in [2.75, 3.05) is 46.4 Å².